The molecule has 0 saturated carbocycles. The van der Waals surface area contributed by atoms with Crippen molar-refractivity contribution in [3.05, 3.63) is 35.9 Å². The van der Waals surface area contributed by atoms with Gasteiger partial charge in [0.25, 0.3) is 0 Å². The van der Waals surface area contributed by atoms with E-state index in [0.29, 0.717) is 12.8 Å². The molecule has 0 spiro atoms. The summed E-state index contributed by atoms with van der Waals surface area (Å²) >= 11 is 0. The lowest BCUT2D eigenvalue weighted by molar-refractivity contribution is -0.195. The van der Waals surface area contributed by atoms with Crippen LogP contribution in [0.25, 0.3) is 0 Å². The van der Waals surface area contributed by atoms with Crippen molar-refractivity contribution >= 4 is 11.9 Å². The van der Waals surface area contributed by atoms with Gasteiger partial charge in [-0.25, -0.2) is 9.59 Å². The van der Waals surface area contributed by atoms with E-state index in [-0.39, 0.29) is 0 Å². The predicted octanol–water partition coefficient (Wildman–Crippen LogP) is 6.75. The van der Waals surface area contributed by atoms with Gasteiger partial charge in [0.2, 0.25) is 0 Å². The number of ether oxygens (including phenoxy) is 2. The van der Waals surface area contributed by atoms with E-state index in [1.54, 1.807) is 0 Å². The van der Waals surface area contributed by atoms with Crippen LogP contribution in [0, 0.1) is 0 Å². The molecular weight excluding hydrogens is 432 g/mol. The number of aliphatic carboxylic acids is 2. The van der Waals surface area contributed by atoms with Gasteiger partial charge in [0.15, 0.2) is 18.0 Å². The molecule has 1 aliphatic heterocycles. The summed E-state index contributed by atoms with van der Waals surface area (Å²) < 4.78 is 11.7. The average molecular weight is 477 g/mol. The molecule has 2 N–H and O–H groups in total. The van der Waals surface area contributed by atoms with Crippen LogP contribution >= 0.6 is 0 Å². The fourth-order valence-electron chi connectivity index (χ4n) is 4.76. The number of hydrogen-bond acceptors (Lipinski definition) is 4. The molecule has 0 bridgehead atoms. The number of carboxylic acid groups (broad SMARTS) is 2. The van der Waals surface area contributed by atoms with Crippen molar-refractivity contribution in [2.75, 3.05) is 0 Å². The second-order valence-electron chi connectivity index (χ2n) is 9.64. The quantitative estimate of drug-likeness (QED) is 0.215. The highest BCUT2D eigenvalue weighted by Crippen LogP contribution is 2.38. The van der Waals surface area contributed by atoms with Gasteiger partial charge >= 0.3 is 11.9 Å². The summed E-state index contributed by atoms with van der Waals surface area (Å²) in [6.07, 6.45) is 13.9. The molecule has 6 heteroatoms. The van der Waals surface area contributed by atoms with Gasteiger partial charge in [0.05, 0.1) is 0 Å². The van der Waals surface area contributed by atoms with Crippen LogP contribution in [0.5, 0.6) is 0 Å². The lowest BCUT2D eigenvalue weighted by Crippen LogP contribution is -2.36. The van der Waals surface area contributed by atoms with Crippen LogP contribution in [0.15, 0.2) is 30.3 Å². The van der Waals surface area contributed by atoms with Crippen molar-refractivity contribution in [1.29, 1.82) is 0 Å². The lowest BCUT2D eigenvalue weighted by Gasteiger charge is -2.28. The number of carboxylic acids is 2. The molecule has 1 aliphatic rings. The van der Waals surface area contributed by atoms with E-state index < -0.39 is 29.9 Å². The largest absolute Gasteiger partial charge is 0.479 e. The lowest BCUT2D eigenvalue weighted by atomic mass is 9.98. The first-order valence-electron chi connectivity index (χ1n) is 13.3. The zero-order valence-corrected chi connectivity index (χ0v) is 20.9. The highest BCUT2D eigenvalue weighted by atomic mass is 16.8. The monoisotopic (exact) mass is 476 g/mol. The normalized spacial score (nSPS) is 19.3. The molecular formula is C28H44O6. The number of rotatable bonds is 19. The maximum absolute atomic E-state index is 11.6. The predicted molar refractivity (Wildman–Crippen MR) is 133 cm³/mol. The second kappa shape index (κ2) is 15.9. The van der Waals surface area contributed by atoms with Gasteiger partial charge in [-0.15, -0.1) is 0 Å². The molecule has 1 aromatic carbocycles. The van der Waals surface area contributed by atoms with Crippen LogP contribution < -0.4 is 0 Å². The molecule has 34 heavy (non-hydrogen) atoms. The van der Waals surface area contributed by atoms with Gasteiger partial charge in [-0.3, -0.25) is 0 Å². The van der Waals surface area contributed by atoms with Gasteiger partial charge in [-0.1, -0.05) is 101 Å². The molecule has 2 rings (SSSR count). The minimum atomic E-state index is -1.45. The van der Waals surface area contributed by atoms with Crippen molar-refractivity contribution in [3.63, 3.8) is 0 Å². The van der Waals surface area contributed by atoms with E-state index in [9.17, 15) is 19.8 Å². The Balaban J connectivity index is 1.78. The minimum absolute atomic E-state index is 0.521. The topological polar surface area (TPSA) is 93.1 Å². The molecule has 0 aromatic heterocycles. The number of unbranched alkanes of at least 4 members (excludes halogenated alkanes) is 11. The summed E-state index contributed by atoms with van der Waals surface area (Å²) in [6.45, 7) is 2.23. The third kappa shape index (κ3) is 10.1. The molecule has 0 amide bonds. The molecule has 1 aromatic rings. The molecule has 6 nitrogen and oxygen atoms in total. The Kier molecular flexibility index (Phi) is 13.2. The van der Waals surface area contributed by atoms with Crippen molar-refractivity contribution in [3.8, 4) is 0 Å². The Hall–Kier alpha value is -1.92. The maximum atomic E-state index is 11.6. The fraction of sp³-hybridized carbons (Fsp3) is 0.714. The van der Waals surface area contributed by atoms with Crippen molar-refractivity contribution in [2.24, 2.45) is 0 Å². The van der Waals surface area contributed by atoms with Crippen molar-refractivity contribution in [2.45, 2.75) is 128 Å². The standard InChI is InChI=1S/C28H44O6/c1-2-3-4-5-6-7-8-9-10-16-21-28(33-24(26(29)30)25(34-28)27(31)32)22-17-12-15-20-23-18-13-11-14-19-23/h11,13-14,18-19,24-25H,2-10,12,15-17,20-22H2,1H3,(H,29,30)(H,31,32)/t24-,25-/m1/s1. The highest BCUT2D eigenvalue weighted by molar-refractivity contribution is 5.84. The van der Waals surface area contributed by atoms with Gasteiger partial charge < -0.3 is 19.7 Å². The Morgan fingerprint density at radius 3 is 1.62 bits per heavy atom. The average Bonchev–Trinajstić information content (AvgIpc) is 3.21. The van der Waals surface area contributed by atoms with E-state index >= 15 is 0 Å². The molecule has 2 atom stereocenters. The zero-order chi connectivity index (χ0) is 24.7. The van der Waals surface area contributed by atoms with Gasteiger partial charge in [-0.05, 0) is 31.2 Å². The van der Waals surface area contributed by atoms with Crippen LogP contribution in [-0.2, 0) is 25.5 Å². The van der Waals surface area contributed by atoms with E-state index in [1.165, 1.54) is 50.5 Å². The van der Waals surface area contributed by atoms with E-state index in [4.69, 9.17) is 9.47 Å². The highest BCUT2D eigenvalue weighted by Gasteiger charge is 2.53. The number of benzene rings is 1. The summed E-state index contributed by atoms with van der Waals surface area (Å²) in [5, 5.41) is 19.0. The van der Waals surface area contributed by atoms with Crippen molar-refractivity contribution < 1.29 is 29.3 Å². The molecule has 192 valence electrons. The third-order valence-electron chi connectivity index (χ3n) is 6.72. The summed E-state index contributed by atoms with van der Waals surface area (Å²) in [5.74, 6) is -3.67. The first-order valence-corrected chi connectivity index (χ1v) is 13.3. The number of aryl methyl sites for hydroxylation is 1. The van der Waals surface area contributed by atoms with E-state index in [0.717, 1.165) is 44.9 Å². The summed E-state index contributed by atoms with van der Waals surface area (Å²) in [5.41, 5.74) is 1.30. The maximum Gasteiger partial charge on any atom is 0.336 e. The minimum Gasteiger partial charge on any atom is -0.479 e. The van der Waals surface area contributed by atoms with Crippen LogP contribution in [0.3, 0.4) is 0 Å². The molecule has 0 unspecified atom stereocenters. The fourth-order valence-corrected chi connectivity index (χ4v) is 4.76. The molecule has 1 heterocycles. The summed E-state index contributed by atoms with van der Waals surface area (Å²) in [6, 6.07) is 10.3. The van der Waals surface area contributed by atoms with Crippen LogP contribution in [0.4, 0.5) is 0 Å². The molecule has 1 fully saturated rings. The first-order chi connectivity index (χ1) is 16.5. The Morgan fingerprint density at radius 2 is 1.15 bits per heavy atom. The third-order valence-corrected chi connectivity index (χ3v) is 6.72. The molecule has 1 saturated heterocycles. The Labute approximate surface area is 205 Å². The van der Waals surface area contributed by atoms with Crippen molar-refractivity contribution in [1.82, 2.24) is 0 Å². The zero-order valence-electron chi connectivity index (χ0n) is 20.9. The SMILES string of the molecule is CCCCCCCCCCCCC1(CCCCCc2ccccc2)O[C@@H](C(=O)O)[C@H](C(=O)O)O1. The van der Waals surface area contributed by atoms with E-state index in [1.807, 2.05) is 18.2 Å². The number of carbonyl (C=O) groups is 2. The Bertz CT molecular complexity index is 682. The van der Waals surface area contributed by atoms with Crippen LogP contribution in [0.2, 0.25) is 0 Å². The van der Waals surface area contributed by atoms with E-state index in [2.05, 4.69) is 19.1 Å². The van der Waals surface area contributed by atoms with Gasteiger partial charge in [0, 0.05) is 12.8 Å². The van der Waals surface area contributed by atoms with Gasteiger partial charge in [0.1, 0.15) is 0 Å². The Morgan fingerprint density at radius 1 is 0.706 bits per heavy atom. The molecule has 0 aliphatic carbocycles. The smallest absolute Gasteiger partial charge is 0.336 e. The summed E-state index contributed by atoms with van der Waals surface area (Å²) in [7, 11) is 0. The summed E-state index contributed by atoms with van der Waals surface area (Å²) in [4.78, 5) is 23.2. The number of hydrogen-bond donors (Lipinski definition) is 2. The van der Waals surface area contributed by atoms with Crippen LogP contribution in [0.1, 0.15) is 109 Å². The van der Waals surface area contributed by atoms with Gasteiger partial charge in [-0.2, -0.15) is 0 Å². The molecule has 0 radical (unpaired) electrons. The second-order valence-corrected chi connectivity index (χ2v) is 9.64. The first kappa shape index (κ1) is 28.3. The van der Waals surface area contributed by atoms with Crippen LogP contribution in [-0.4, -0.2) is 40.1 Å².